The van der Waals surface area contributed by atoms with Crippen LogP contribution in [0.2, 0.25) is 0 Å². The smallest absolute Gasteiger partial charge is 0.248 e. The Balaban J connectivity index is 2.15. The van der Waals surface area contributed by atoms with Crippen LogP contribution in [0, 0.1) is 0 Å². The Hall–Kier alpha value is -1.66. The van der Waals surface area contributed by atoms with E-state index in [-0.39, 0.29) is 6.04 Å². The van der Waals surface area contributed by atoms with Crippen LogP contribution in [0.5, 0.6) is 0 Å². The van der Waals surface area contributed by atoms with Gasteiger partial charge in [-0.15, -0.1) is 11.6 Å². The summed E-state index contributed by atoms with van der Waals surface area (Å²) in [6.45, 7) is 0.550. The molecule has 0 aliphatic carbocycles. The molecule has 0 bridgehead atoms. The lowest BCUT2D eigenvalue weighted by molar-refractivity contribution is 0.184. The molecule has 0 saturated carbocycles. The molecule has 1 heterocycles. The number of hydrogen-bond donors (Lipinski definition) is 1. The van der Waals surface area contributed by atoms with Crippen molar-refractivity contribution in [3.63, 3.8) is 0 Å². The fourth-order valence-corrected chi connectivity index (χ4v) is 2.00. The van der Waals surface area contributed by atoms with Crippen molar-refractivity contribution in [1.29, 1.82) is 0 Å². The van der Waals surface area contributed by atoms with Gasteiger partial charge in [-0.25, -0.2) is 0 Å². The van der Waals surface area contributed by atoms with Crippen molar-refractivity contribution in [3.8, 4) is 5.69 Å². The van der Waals surface area contributed by atoms with Crippen LogP contribution in [0.3, 0.4) is 0 Å². The van der Waals surface area contributed by atoms with Gasteiger partial charge >= 0.3 is 0 Å². The van der Waals surface area contributed by atoms with Gasteiger partial charge in [0, 0.05) is 13.0 Å². The van der Waals surface area contributed by atoms with Crippen molar-refractivity contribution in [1.82, 2.24) is 20.2 Å². The zero-order valence-electron chi connectivity index (χ0n) is 10.7. The molecule has 0 fully saturated rings. The third-order valence-corrected chi connectivity index (χ3v) is 2.85. The Morgan fingerprint density at radius 1 is 1.37 bits per heavy atom. The van der Waals surface area contributed by atoms with Crippen molar-refractivity contribution in [2.45, 2.75) is 12.5 Å². The number of hydrogen-bond acceptors (Lipinski definition) is 5. The number of anilines is 1. The number of benzene rings is 1. The minimum Gasteiger partial charge on any atom is -0.383 e. The van der Waals surface area contributed by atoms with Crippen LogP contribution >= 0.6 is 11.6 Å². The Morgan fingerprint density at radius 2 is 2.16 bits per heavy atom. The summed E-state index contributed by atoms with van der Waals surface area (Å²) in [5, 5.41) is 14.9. The molecule has 1 aromatic heterocycles. The van der Waals surface area contributed by atoms with Gasteiger partial charge in [0.2, 0.25) is 5.95 Å². The van der Waals surface area contributed by atoms with Crippen LogP contribution in [0.25, 0.3) is 5.69 Å². The molecule has 2 aromatic rings. The summed E-state index contributed by atoms with van der Waals surface area (Å²) < 4.78 is 6.80. The largest absolute Gasteiger partial charge is 0.383 e. The van der Waals surface area contributed by atoms with Crippen LogP contribution in [0.15, 0.2) is 30.3 Å². The van der Waals surface area contributed by atoms with Crippen LogP contribution in [0.4, 0.5) is 5.95 Å². The lowest BCUT2D eigenvalue weighted by atomic mass is 10.2. The van der Waals surface area contributed by atoms with Gasteiger partial charge in [0.05, 0.1) is 18.3 Å². The van der Waals surface area contributed by atoms with Gasteiger partial charge in [-0.3, -0.25) is 0 Å². The highest BCUT2D eigenvalue weighted by Gasteiger charge is 2.13. The number of aromatic nitrogens is 4. The van der Waals surface area contributed by atoms with Crippen LogP contribution in [-0.2, 0) is 4.74 Å². The number of ether oxygens (including phenoxy) is 1. The predicted octanol–water partition coefficient (Wildman–Crippen LogP) is 1.72. The second kappa shape index (κ2) is 7.06. The molecule has 102 valence electrons. The molecule has 1 unspecified atom stereocenters. The van der Waals surface area contributed by atoms with Crippen molar-refractivity contribution >= 4 is 17.5 Å². The maximum Gasteiger partial charge on any atom is 0.248 e. The molecule has 0 saturated heterocycles. The molecule has 0 spiro atoms. The van der Waals surface area contributed by atoms with Crippen molar-refractivity contribution in [2.75, 3.05) is 24.9 Å². The summed E-state index contributed by atoms with van der Waals surface area (Å²) >= 11 is 5.77. The highest BCUT2D eigenvalue weighted by Crippen LogP contribution is 2.12. The van der Waals surface area contributed by atoms with Crippen LogP contribution in [0.1, 0.15) is 6.42 Å². The highest BCUT2D eigenvalue weighted by molar-refractivity contribution is 6.17. The molecular formula is C12H16ClN5O. The monoisotopic (exact) mass is 281 g/mol. The number of tetrazole rings is 1. The van der Waals surface area contributed by atoms with E-state index in [1.807, 2.05) is 30.3 Å². The maximum absolute atomic E-state index is 5.77. The SMILES string of the molecule is COCC(CCCl)Nc1nnnn1-c1ccccc1. The molecule has 6 nitrogen and oxygen atoms in total. The lowest BCUT2D eigenvalue weighted by Gasteiger charge is -2.16. The fraction of sp³-hybridized carbons (Fsp3) is 0.417. The number of halogens is 1. The minimum atomic E-state index is 0.0796. The number of rotatable bonds is 7. The summed E-state index contributed by atoms with van der Waals surface area (Å²) in [7, 11) is 1.66. The van der Waals surface area contributed by atoms with Gasteiger partial charge in [-0.2, -0.15) is 4.68 Å². The number of methoxy groups -OCH3 is 1. The first-order chi connectivity index (χ1) is 9.35. The molecule has 0 amide bonds. The molecular weight excluding hydrogens is 266 g/mol. The summed E-state index contributed by atoms with van der Waals surface area (Å²) in [6, 6.07) is 9.78. The summed E-state index contributed by atoms with van der Waals surface area (Å²) in [5.41, 5.74) is 0.900. The number of para-hydroxylation sites is 1. The molecule has 19 heavy (non-hydrogen) atoms. The fourth-order valence-electron chi connectivity index (χ4n) is 1.73. The van der Waals surface area contributed by atoms with Gasteiger partial charge in [0.25, 0.3) is 0 Å². The molecule has 1 aromatic carbocycles. The van der Waals surface area contributed by atoms with E-state index in [9.17, 15) is 0 Å². The molecule has 7 heteroatoms. The van der Waals surface area contributed by atoms with Gasteiger partial charge in [-0.1, -0.05) is 23.3 Å². The second-order valence-corrected chi connectivity index (χ2v) is 4.40. The Morgan fingerprint density at radius 3 is 2.84 bits per heavy atom. The van der Waals surface area contributed by atoms with Crippen LogP contribution in [-0.4, -0.2) is 45.8 Å². The van der Waals surface area contributed by atoms with E-state index in [1.54, 1.807) is 11.8 Å². The van der Waals surface area contributed by atoms with E-state index in [0.29, 0.717) is 18.4 Å². The van der Waals surface area contributed by atoms with Crippen molar-refractivity contribution < 1.29 is 4.74 Å². The van der Waals surface area contributed by atoms with E-state index < -0.39 is 0 Å². The van der Waals surface area contributed by atoms with Crippen molar-refractivity contribution in [2.24, 2.45) is 0 Å². The number of alkyl halides is 1. The zero-order valence-corrected chi connectivity index (χ0v) is 11.4. The number of nitrogens with one attached hydrogen (secondary N) is 1. The highest BCUT2D eigenvalue weighted by atomic mass is 35.5. The Kier molecular flexibility index (Phi) is 5.11. The maximum atomic E-state index is 5.77. The first kappa shape index (κ1) is 13.8. The first-order valence-electron chi connectivity index (χ1n) is 6.00. The minimum absolute atomic E-state index is 0.0796. The molecule has 0 aliphatic heterocycles. The van der Waals surface area contributed by atoms with Gasteiger partial charge in [0.15, 0.2) is 0 Å². The van der Waals surface area contributed by atoms with E-state index in [0.717, 1.165) is 12.1 Å². The molecule has 2 rings (SSSR count). The van der Waals surface area contributed by atoms with Gasteiger partial charge in [-0.05, 0) is 29.0 Å². The standard InChI is InChI=1S/C12H16ClN5O/c1-19-9-10(7-8-13)14-12-15-16-17-18(12)11-5-3-2-4-6-11/h2-6,10H,7-9H2,1H3,(H,14,15,17). The quantitative estimate of drug-likeness (QED) is 0.783. The Labute approximate surface area is 116 Å². The van der Waals surface area contributed by atoms with Gasteiger partial charge in [0.1, 0.15) is 0 Å². The van der Waals surface area contributed by atoms with E-state index in [4.69, 9.17) is 16.3 Å². The Bertz CT molecular complexity index is 484. The summed E-state index contributed by atoms with van der Waals surface area (Å²) in [5.74, 6) is 1.13. The van der Waals surface area contributed by atoms with Gasteiger partial charge < -0.3 is 10.1 Å². The molecule has 0 radical (unpaired) electrons. The predicted molar refractivity (Wildman–Crippen MR) is 73.8 cm³/mol. The molecule has 1 atom stereocenters. The lowest BCUT2D eigenvalue weighted by Crippen LogP contribution is -2.27. The third kappa shape index (κ3) is 3.65. The average molecular weight is 282 g/mol. The second-order valence-electron chi connectivity index (χ2n) is 4.02. The third-order valence-electron chi connectivity index (χ3n) is 2.63. The van der Waals surface area contributed by atoms with E-state index >= 15 is 0 Å². The molecule has 1 N–H and O–H groups in total. The number of nitrogens with zero attached hydrogens (tertiary/aromatic N) is 4. The zero-order chi connectivity index (χ0) is 13.5. The van der Waals surface area contributed by atoms with E-state index in [2.05, 4.69) is 20.8 Å². The summed E-state index contributed by atoms with van der Waals surface area (Å²) in [6.07, 6.45) is 0.775. The van der Waals surface area contributed by atoms with Crippen LogP contribution < -0.4 is 5.32 Å². The average Bonchev–Trinajstić information content (AvgIpc) is 2.88. The first-order valence-corrected chi connectivity index (χ1v) is 6.54. The normalized spacial score (nSPS) is 12.3. The van der Waals surface area contributed by atoms with E-state index in [1.165, 1.54) is 0 Å². The van der Waals surface area contributed by atoms with Crippen molar-refractivity contribution in [3.05, 3.63) is 30.3 Å². The topological polar surface area (TPSA) is 64.9 Å². The molecule has 0 aliphatic rings. The summed E-state index contributed by atoms with van der Waals surface area (Å²) in [4.78, 5) is 0.